The van der Waals surface area contributed by atoms with Gasteiger partial charge in [-0.15, -0.1) is 0 Å². The van der Waals surface area contributed by atoms with Gasteiger partial charge in [0.2, 0.25) is 5.91 Å². The maximum atomic E-state index is 12.0. The Morgan fingerprint density at radius 1 is 1.56 bits per heavy atom. The lowest BCUT2D eigenvalue weighted by Crippen LogP contribution is -2.39. The minimum Gasteiger partial charge on any atom is -0.339 e. The summed E-state index contributed by atoms with van der Waals surface area (Å²) in [4.78, 5) is 18.0. The average Bonchev–Trinajstić information content (AvgIpc) is 3.17. The predicted molar refractivity (Wildman–Crippen MR) is 71.1 cm³/mol. The third kappa shape index (κ3) is 3.29. The number of rotatable bonds is 6. The Morgan fingerprint density at radius 3 is 2.94 bits per heavy atom. The molecule has 1 saturated carbocycles. The number of amides is 1. The molecule has 0 aliphatic heterocycles. The number of nitrogens with one attached hydrogen (secondary N) is 1. The molecule has 0 unspecified atom stereocenters. The zero-order valence-electron chi connectivity index (χ0n) is 11.1. The Bertz CT molecular complexity index is 415. The lowest BCUT2D eigenvalue weighted by atomic mass is 10.1. The maximum Gasteiger partial charge on any atom is 0.236 e. The van der Waals surface area contributed by atoms with E-state index in [2.05, 4.69) is 10.3 Å². The van der Waals surface area contributed by atoms with Gasteiger partial charge in [-0.3, -0.25) is 9.78 Å². The first-order valence-corrected chi connectivity index (χ1v) is 6.62. The molecule has 1 N–H and O–H groups in total. The Morgan fingerprint density at radius 2 is 2.33 bits per heavy atom. The average molecular weight is 247 g/mol. The first kappa shape index (κ1) is 13.0. The van der Waals surface area contributed by atoms with Gasteiger partial charge >= 0.3 is 0 Å². The number of nitrogens with zero attached hydrogens (tertiary/aromatic N) is 2. The molecular weight excluding hydrogens is 226 g/mol. The summed E-state index contributed by atoms with van der Waals surface area (Å²) >= 11 is 0. The smallest absolute Gasteiger partial charge is 0.236 e. The summed E-state index contributed by atoms with van der Waals surface area (Å²) in [5.74, 6) is 0.215. The van der Waals surface area contributed by atoms with Gasteiger partial charge in [0, 0.05) is 31.5 Å². The van der Waals surface area contributed by atoms with E-state index in [1.165, 1.54) is 18.4 Å². The molecule has 0 bridgehead atoms. The Labute approximate surface area is 108 Å². The molecule has 4 nitrogen and oxygen atoms in total. The number of aromatic nitrogens is 1. The molecule has 98 valence electrons. The molecule has 4 heteroatoms. The molecular formula is C14H21N3O. The molecule has 1 fully saturated rings. The molecule has 0 aromatic carbocycles. The van der Waals surface area contributed by atoms with E-state index in [1.54, 1.807) is 6.20 Å². The fourth-order valence-corrected chi connectivity index (χ4v) is 2.13. The third-order valence-electron chi connectivity index (χ3n) is 3.38. The van der Waals surface area contributed by atoms with Crippen molar-refractivity contribution in [1.82, 2.24) is 15.2 Å². The van der Waals surface area contributed by atoms with Gasteiger partial charge in [0.25, 0.3) is 0 Å². The molecule has 1 aromatic heterocycles. The van der Waals surface area contributed by atoms with Gasteiger partial charge in [-0.2, -0.15) is 0 Å². The SMILES string of the molecule is CCN(C(=O)CNCc1ccncc1C)C1CC1. The van der Waals surface area contributed by atoms with Crippen LogP contribution in [0, 0.1) is 6.92 Å². The molecule has 0 atom stereocenters. The minimum atomic E-state index is 0.215. The van der Waals surface area contributed by atoms with Gasteiger partial charge in [0.05, 0.1) is 6.54 Å². The number of pyridine rings is 1. The van der Waals surface area contributed by atoms with Crippen LogP contribution < -0.4 is 5.32 Å². The van der Waals surface area contributed by atoms with Crippen molar-refractivity contribution >= 4 is 5.91 Å². The molecule has 1 aliphatic rings. The zero-order valence-corrected chi connectivity index (χ0v) is 11.1. The van der Waals surface area contributed by atoms with Gasteiger partial charge in [0.15, 0.2) is 0 Å². The van der Waals surface area contributed by atoms with E-state index in [1.807, 2.05) is 31.0 Å². The summed E-state index contributed by atoms with van der Waals surface area (Å²) in [5.41, 5.74) is 2.36. The van der Waals surface area contributed by atoms with Gasteiger partial charge in [-0.1, -0.05) is 0 Å². The van der Waals surface area contributed by atoms with Crippen molar-refractivity contribution in [2.45, 2.75) is 39.3 Å². The molecule has 2 rings (SSSR count). The van der Waals surface area contributed by atoms with E-state index >= 15 is 0 Å². The van der Waals surface area contributed by atoms with Crippen molar-refractivity contribution < 1.29 is 4.79 Å². The van der Waals surface area contributed by atoms with E-state index in [-0.39, 0.29) is 5.91 Å². The number of carbonyl (C=O) groups is 1. The second kappa shape index (κ2) is 5.96. The molecule has 0 spiro atoms. The first-order chi connectivity index (χ1) is 8.72. The van der Waals surface area contributed by atoms with Crippen LogP contribution in [0.3, 0.4) is 0 Å². The van der Waals surface area contributed by atoms with Gasteiger partial charge < -0.3 is 10.2 Å². The molecule has 1 aliphatic carbocycles. The summed E-state index contributed by atoms with van der Waals surface area (Å²) in [5, 5.41) is 3.22. The highest BCUT2D eigenvalue weighted by Gasteiger charge is 2.30. The number of hydrogen-bond donors (Lipinski definition) is 1. The highest BCUT2D eigenvalue weighted by Crippen LogP contribution is 2.26. The standard InChI is InChI=1S/C14H21N3O/c1-3-17(13-4-5-13)14(18)10-16-9-12-6-7-15-8-11(12)2/h6-8,13,16H,3-5,9-10H2,1-2H3. The summed E-state index contributed by atoms with van der Waals surface area (Å²) in [6.07, 6.45) is 5.97. The summed E-state index contributed by atoms with van der Waals surface area (Å²) < 4.78 is 0. The number of aryl methyl sites for hydroxylation is 1. The minimum absolute atomic E-state index is 0.215. The highest BCUT2D eigenvalue weighted by atomic mass is 16.2. The summed E-state index contributed by atoms with van der Waals surface area (Å²) in [6.45, 7) is 6.05. The monoisotopic (exact) mass is 247 g/mol. The Hall–Kier alpha value is -1.42. The van der Waals surface area contributed by atoms with Crippen molar-refractivity contribution in [1.29, 1.82) is 0 Å². The topological polar surface area (TPSA) is 45.2 Å². The summed E-state index contributed by atoms with van der Waals surface area (Å²) in [7, 11) is 0. The lowest BCUT2D eigenvalue weighted by molar-refractivity contribution is -0.130. The van der Waals surface area contributed by atoms with Crippen molar-refractivity contribution in [3.63, 3.8) is 0 Å². The molecule has 1 heterocycles. The Balaban J connectivity index is 1.78. The van der Waals surface area contributed by atoms with Crippen molar-refractivity contribution in [2.75, 3.05) is 13.1 Å². The molecule has 1 aromatic rings. The van der Waals surface area contributed by atoms with E-state index in [0.29, 0.717) is 12.6 Å². The zero-order chi connectivity index (χ0) is 13.0. The van der Waals surface area contributed by atoms with Crippen LogP contribution in [0.2, 0.25) is 0 Å². The largest absolute Gasteiger partial charge is 0.339 e. The van der Waals surface area contributed by atoms with E-state index in [0.717, 1.165) is 18.7 Å². The quantitative estimate of drug-likeness (QED) is 0.828. The van der Waals surface area contributed by atoms with Gasteiger partial charge in [-0.05, 0) is 43.9 Å². The highest BCUT2D eigenvalue weighted by molar-refractivity contribution is 5.78. The van der Waals surface area contributed by atoms with E-state index < -0.39 is 0 Å². The second-order valence-corrected chi connectivity index (χ2v) is 4.82. The fourth-order valence-electron chi connectivity index (χ4n) is 2.13. The van der Waals surface area contributed by atoms with Crippen LogP contribution >= 0.6 is 0 Å². The van der Waals surface area contributed by atoms with Crippen molar-refractivity contribution in [2.24, 2.45) is 0 Å². The molecule has 1 amide bonds. The van der Waals surface area contributed by atoms with E-state index in [4.69, 9.17) is 0 Å². The maximum absolute atomic E-state index is 12.0. The Kier molecular flexibility index (Phi) is 4.31. The van der Waals surface area contributed by atoms with Crippen molar-refractivity contribution in [3.8, 4) is 0 Å². The lowest BCUT2D eigenvalue weighted by Gasteiger charge is -2.20. The van der Waals surface area contributed by atoms with Crippen molar-refractivity contribution in [3.05, 3.63) is 29.6 Å². The van der Waals surface area contributed by atoms with Crippen LogP contribution in [0.4, 0.5) is 0 Å². The normalized spacial score (nSPS) is 14.6. The summed E-state index contributed by atoms with van der Waals surface area (Å²) in [6, 6.07) is 2.50. The first-order valence-electron chi connectivity index (χ1n) is 6.62. The van der Waals surface area contributed by atoms with Crippen LogP contribution in [-0.4, -0.2) is 34.9 Å². The van der Waals surface area contributed by atoms with E-state index in [9.17, 15) is 4.79 Å². The molecule has 0 saturated heterocycles. The van der Waals surface area contributed by atoms with Gasteiger partial charge in [-0.25, -0.2) is 0 Å². The molecule has 0 radical (unpaired) electrons. The van der Waals surface area contributed by atoms with Crippen LogP contribution in [-0.2, 0) is 11.3 Å². The van der Waals surface area contributed by atoms with Crippen LogP contribution in [0.15, 0.2) is 18.5 Å². The van der Waals surface area contributed by atoms with Crippen LogP contribution in [0.25, 0.3) is 0 Å². The number of likely N-dealkylation sites (N-methyl/N-ethyl adjacent to an activating group) is 1. The van der Waals surface area contributed by atoms with Gasteiger partial charge in [0.1, 0.15) is 0 Å². The fraction of sp³-hybridized carbons (Fsp3) is 0.571. The van der Waals surface area contributed by atoms with Crippen LogP contribution in [0.1, 0.15) is 30.9 Å². The van der Waals surface area contributed by atoms with Crippen LogP contribution in [0.5, 0.6) is 0 Å². The third-order valence-corrected chi connectivity index (χ3v) is 3.38. The second-order valence-electron chi connectivity index (χ2n) is 4.82. The molecule has 18 heavy (non-hydrogen) atoms. The predicted octanol–water partition coefficient (Wildman–Crippen LogP) is 1.49. The number of hydrogen-bond acceptors (Lipinski definition) is 3. The number of carbonyl (C=O) groups excluding carboxylic acids is 1.